The molecule has 0 atom stereocenters. The van der Waals surface area contributed by atoms with E-state index in [1.165, 1.54) is 43.5 Å². The van der Waals surface area contributed by atoms with E-state index in [0.717, 1.165) is 38.6 Å². The van der Waals surface area contributed by atoms with Gasteiger partial charge in [-0.2, -0.15) is 0 Å². The minimum absolute atomic E-state index is 0.673. The van der Waals surface area contributed by atoms with E-state index in [1.807, 2.05) is 7.05 Å². The SMILES string of the molecule is CCCOCc1ccccc1CNC(=NC)NCCN1CCCCC1. The molecule has 0 radical (unpaired) electrons. The lowest BCUT2D eigenvalue weighted by atomic mass is 10.1. The number of piperidine rings is 1. The predicted molar refractivity (Wildman–Crippen MR) is 105 cm³/mol. The normalized spacial score (nSPS) is 16.0. The lowest BCUT2D eigenvalue weighted by Crippen LogP contribution is -2.42. The molecule has 1 saturated heterocycles. The maximum atomic E-state index is 5.70. The van der Waals surface area contributed by atoms with E-state index in [0.29, 0.717) is 6.61 Å². The van der Waals surface area contributed by atoms with E-state index >= 15 is 0 Å². The van der Waals surface area contributed by atoms with Gasteiger partial charge in [0.05, 0.1) is 6.61 Å². The number of aliphatic imine (C=N–C) groups is 1. The molecule has 0 aliphatic carbocycles. The number of ether oxygens (including phenoxy) is 1. The predicted octanol–water partition coefficient (Wildman–Crippen LogP) is 2.76. The first-order valence-corrected chi connectivity index (χ1v) is 9.65. The van der Waals surface area contributed by atoms with E-state index in [2.05, 4.69) is 51.7 Å². The average Bonchev–Trinajstić information content (AvgIpc) is 2.66. The number of hydrogen-bond acceptors (Lipinski definition) is 3. The Balaban J connectivity index is 1.74. The van der Waals surface area contributed by atoms with Gasteiger partial charge in [0.1, 0.15) is 0 Å². The van der Waals surface area contributed by atoms with Gasteiger partial charge in [-0.05, 0) is 43.5 Å². The van der Waals surface area contributed by atoms with Crippen LogP contribution in [0, 0.1) is 0 Å². The molecule has 1 aliphatic rings. The van der Waals surface area contributed by atoms with Gasteiger partial charge in [-0.3, -0.25) is 4.99 Å². The Labute approximate surface area is 152 Å². The van der Waals surface area contributed by atoms with Gasteiger partial charge in [0.2, 0.25) is 0 Å². The minimum Gasteiger partial charge on any atom is -0.377 e. The smallest absolute Gasteiger partial charge is 0.191 e. The Kier molecular flexibility index (Phi) is 9.37. The van der Waals surface area contributed by atoms with Gasteiger partial charge in [-0.25, -0.2) is 0 Å². The van der Waals surface area contributed by atoms with E-state index in [4.69, 9.17) is 4.74 Å². The van der Waals surface area contributed by atoms with Crippen molar-refractivity contribution in [1.29, 1.82) is 0 Å². The molecule has 5 heteroatoms. The van der Waals surface area contributed by atoms with Crippen LogP contribution in [0.5, 0.6) is 0 Å². The molecule has 0 bridgehead atoms. The molecule has 2 N–H and O–H groups in total. The quantitative estimate of drug-likeness (QED) is 0.410. The molecule has 5 nitrogen and oxygen atoms in total. The summed E-state index contributed by atoms with van der Waals surface area (Å²) in [4.78, 5) is 6.87. The van der Waals surface area contributed by atoms with Crippen molar-refractivity contribution < 1.29 is 4.74 Å². The van der Waals surface area contributed by atoms with Gasteiger partial charge in [0.15, 0.2) is 5.96 Å². The van der Waals surface area contributed by atoms with Crippen LogP contribution in [-0.4, -0.2) is 50.7 Å². The van der Waals surface area contributed by atoms with Crippen LogP contribution in [0.3, 0.4) is 0 Å². The van der Waals surface area contributed by atoms with Crippen molar-refractivity contribution in [2.24, 2.45) is 4.99 Å². The van der Waals surface area contributed by atoms with E-state index in [-0.39, 0.29) is 0 Å². The topological polar surface area (TPSA) is 48.9 Å². The van der Waals surface area contributed by atoms with Crippen molar-refractivity contribution in [3.63, 3.8) is 0 Å². The van der Waals surface area contributed by atoms with Gasteiger partial charge >= 0.3 is 0 Å². The van der Waals surface area contributed by atoms with Crippen LogP contribution in [0.25, 0.3) is 0 Å². The lowest BCUT2D eigenvalue weighted by molar-refractivity contribution is 0.121. The molecule has 0 spiro atoms. The summed E-state index contributed by atoms with van der Waals surface area (Å²) in [5.41, 5.74) is 2.50. The Hall–Kier alpha value is -1.59. The highest BCUT2D eigenvalue weighted by Gasteiger charge is 2.09. The van der Waals surface area contributed by atoms with E-state index < -0.39 is 0 Å². The first-order valence-electron chi connectivity index (χ1n) is 9.65. The number of nitrogens with one attached hydrogen (secondary N) is 2. The van der Waals surface area contributed by atoms with Crippen LogP contribution in [0.15, 0.2) is 29.3 Å². The molecule has 0 amide bonds. The third-order valence-corrected chi connectivity index (χ3v) is 4.56. The zero-order chi connectivity index (χ0) is 17.7. The Morgan fingerprint density at radius 3 is 2.60 bits per heavy atom. The molecule has 1 heterocycles. The number of hydrogen-bond donors (Lipinski definition) is 2. The fraction of sp³-hybridized carbons (Fsp3) is 0.650. The summed E-state index contributed by atoms with van der Waals surface area (Å²) < 4.78 is 5.70. The van der Waals surface area contributed by atoms with Crippen LogP contribution >= 0.6 is 0 Å². The molecule has 1 aliphatic heterocycles. The van der Waals surface area contributed by atoms with Crippen LogP contribution in [0.4, 0.5) is 0 Å². The van der Waals surface area contributed by atoms with Crippen molar-refractivity contribution in [2.75, 3.05) is 39.8 Å². The number of benzene rings is 1. The molecule has 1 aromatic carbocycles. The Morgan fingerprint density at radius 1 is 1.12 bits per heavy atom. The highest BCUT2D eigenvalue weighted by atomic mass is 16.5. The molecule has 2 rings (SSSR count). The molecule has 0 saturated carbocycles. The fourth-order valence-electron chi connectivity index (χ4n) is 3.11. The number of nitrogens with zero attached hydrogens (tertiary/aromatic N) is 2. The van der Waals surface area contributed by atoms with Crippen LogP contribution in [0.1, 0.15) is 43.7 Å². The van der Waals surface area contributed by atoms with E-state index in [9.17, 15) is 0 Å². The van der Waals surface area contributed by atoms with E-state index in [1.54, 1.807) is 0 Å². The van der Waals surface area contributed by atoms with Gasteiger partial charge in [-0.1, -0.05) is 37.6 Å². The molecule has 140 valence electrons. The first kappa shape index (κ1) is 19.7. The second-order valence-electron chi connectivity index (χ2n) is 6.58. The van der Waals surface area contributed by atoms with Crippen molar-refractivity contribution in [2.45, 2.75) is 45.8 Å². The second-order valence-corrected chi connectivity index (χ2v) is 6.58. The zero-order valence-corrected chi connectivity index (χ0v) is 15.9. The van der Waals surface area contributed by atoms with Gasteiger partial charge < -0.3 is 20.3 Å². The first-order chi connectivity index (χ1) is 12.3. The van der Waals surface area contributed by atoms with Crippen LogP contribution < -0.4 is 10.6 Å². The number of rotatable bonds is 9. The van der Waals surface area contributed by atoms with Crippen molar-refractivity contribution in [3.05, 3.63) is 35.4 Å². The van der Waals surface area contributed by atoms with Crippen molar-refractivity contribution in [1.82, 2.24) is 15.5 Å². The summed E-state index contributed by atoms with van der Waals surface area (Å²) in [7, 11) is 1.83. The molecule has 0 aromatic heterocycles. The monoisotopic (exact) mass is 346 g/mol. The largest absolute Gasteiger partial charge is 0.377 e. The van der Waals surface area contributed by atoms with Crippen molar-refractivity contribution in [3.8, 4) is 0 Å². The molecule has 1 fully saturated rings. The van der Waals surface area contributed by atoms with Gasteiger partial charge in [0, 0.05) is 33.3 Å². The average molecular weight is 347 g/mol. The molecular formula is C20H34N4O. The van der Waals surface area contributed by atoms with Crippen molar-refractivity contribution >= 4 is 5.96 Å². The standard InChI is InChI=1S/C20H34N4O/c1-3-15-25-17-19-10-6-5-9-18(19)16-23-20(21-2)22-11-14-24-12-7-4-8-13-24/h5-6,9-10H,3-4,7-8,11-17H2,1-2H3,(H2,21,22,23). The summed E-state index contributed by atoms with van der Waals surface area (Å²) >= 11 is 0. The summed E-state index contributed by atoms with van der Waals surface area (Å²) in [6.07, 6.45) is 5.11. The zero-order valence-electron chi connectivity index (χ0n) is 15.9. The van der Waals surface area contributed by atoms with Crippen LogP contribution in [-0.2, 0) is 17.9 Å². The lowest BCUT2D eigenvalue weighted by Gasteiger charge is -2.26. The third kappa shape index (κ3) is 7.45. The minimum atomic E-state index is 0.673. The van der Waals surface area contributed by atoms with Crippen LogP contribution in [0.2, 0.25) is 0 Å². The Morgan fingerprint density at radius 2 is 1.88 bits per heavy atom. The third-order valence-electron chi connectivity index (χ3n) is 4.56. The summed E-state index contributed by atoms with van der Waals surface area (Å²) in [6, 6.07) is 8.44. The highest BCUT2D eigenvalue weighted by molar-refractivity contribution is 5.79. The highest BCUT2D eigenvalue weighted by Crippen LogP contribution is 2.10. The molecule has 25 heavy (non-hydrogen) atoms. The summed E-state index contributed by atoms with van der Waals surface area (Å²) in [5, 5.41) is 6.84. The Bertz CT molecular complexity index is 512. The second kappa shape index (κ2) is 11.9. The fourth-order valence-corrected chi connectivity index (χ4v) is 3.11. The van der Waals surface area contributed by atoms with Gasteiger partial charge in [0.25, 0.3) is 0 Å². The van der Waals surface area contributed by atoms with Gasteiger partial charge in [-0.15, -0.1) is 0 Å². The molecule has 0 unspecified atom stereocenters. The molecule has 1 aromatic rings. The number of likely N-dealkylation sites (tertiary alicyclic amines) is 1. The summed E-state index contributed by atoms with van der Waals surface area (Å²) in [5.74, 6) is 0.862. The maximum absolute atomic E-state index is 5.70. The summed E-state index contributed by atoms with van der Waals surface area (Å²) in [6.45, 7) is 8.86. The number of guanidine groups is 1. The maximum Gasteiger partial charge on any atom is 0.191 e. The molecular weight excluding hydrogens is 312 g/mol.